The van der Waals surface area contributed by atoms with E-state index in [2.05, 4.69) is 0 Å². The normalized spacial score (nSPS) is 9.64. The second kappa shape index (κ2) is 6.55. The summed E-state index contributed by atoms with van der Waals surface area (Å²) in [6.07, 6.45) is 0. The van der Waals surface area contributed by atoms with Crippen molar-refractivity contribution >= 4 is 0 Å². The van der Waals surface area contributed by atoms with Crippen LogP contribution in [0, 0.1) is 12.7 Å². The molecule has 0 N–H and O–H groups in total. The van der Waals surface area contributed by atoms with Gasteiger partial charge in [0.1, 0.15) is 5.82 Å². The molecule has 0 aliphatic carbocycles. The first kappa shape index (κ1) is 13.1. The monoisotopic (exact) mass is 197 g/mol. The molecule has 1 aromatic rings. The van der Waals surface area contributed by atoms with Gasteiger partial charge < -0.3 is 4.90 Å². The molecule has 14 heavy (non-hydrogen) atoms. The predicted molar refractivity (Wildman–Crippen MR) is 59.9 cm³/mol. The Kier molecular flexibility index (Phi) is 6.13. The van der Waals surface area contributed by atoms with E-state index in [0.717, 1.165) is 17.7 Å². The third-order valence-corrected chi connectivity index (χ3v) is 1.80. The summed E-state index contributed by atoms with van der Waals surface area (Å²) in [5.41, 5.74) is 2.20. The molecule has 1 nitrogen and oxygen atoms in total. The Bertz CT molecular complexity index is 269. The summed E-state index contributed by atoms with van der Waals surface area (Å²) in [6.45, 7) is 6.79. The van der Waals surface area contributed by atoms with Crippen LogP contribution >= 0.6 is 0 Å². The van der Waals surface area contributed by atoms with Crippen LogP contribution in [0.3, 0.4) is 0 Å². The van der Waals surface area contributed by atoms with E-state index in [1.54, 1.807) is 6.07 Å². The molecule has 0 heterocycles. The standard InChI is InChI=1S/C10H14FN.C2H6/c1-8-4-5-10(11)6-9(8)7-12(2)3;1-2/h4-6H,7H2,1-3H3;1-2H3. The summed E-state index contributed by atoms with van der Waals surface area (Å²) in [5, 5.41) is 0. The zero-order chi connectivity index (χ0) is 11.1. The molecule has 80 valence electrons. The average Bonchev–Trinajstić information content (AvgIpc) is 2.14. The molecule has 1 rings (SSSR count). The first-order valence-electron chi connectivity index (χ1n) is 4.99. The van der Waals surface area contributed by atoms with Crippen molar-refractivity contribution in [1.29, 1.82) is 0 Å². The SMILES string of the molecule is CC.Cc1ccc(F)cc1CN(C)C. The fourth-order valence-electron chi connectivity index (χ4n) is 1.15. The third kappa shape index (κ3) is 4.38. The van der Waals surface area contributed by atoms with Crippen molar-refractivity contribution in [3.8, 4) is 0 Å². The topological polar surface area (TPSA) is 3.24 Å². The Balaban J connectivity index is 0.000000791. The lowest BCUT2D eigenvalue weighted by atomic mass is 10.1. The van der Waals surface area contributed by atoms with Crippen molar-refractivity contribution in [3.63, 3.8) is 0 Å². The lowest BCUT2D eigenvalue weighted by Gasteiger charge is -2.11. The van der Waals surface area contributed by atoms with Gasteiger partial charge in [0, 0.05) is 6.54 Å². The zero-order valence-electron chi connectivity index (χ0n) is 9.76. The van der Waals surface area contributed by atoms with Crippen LogP contribution in [0.15, 0.2) is 18.2 Å². The average molecular weight is 197 g/mol. The maximum absolute atomic E-state index is 12.8. The van der Waals surface area contributed by atoms with Crippen LogP contribution in [-0.4, -0.2) is 19.0 Å². The molecule has 0 radical (unpaired) electrons. The van der Waals surface area contributed by atoms with Crippen LogP contribution in [0.5, 0.6) is 0 Å². The van der Waals surface area contributed by atoms with E-state index in [1.807, 2.05) is 45.8 Å². The fraction of sp³-hybridized carbons (Fsp3) is 0.500. The molecule has 0 unspecified atom stereocenters. The molecule has 0 saturated heterocycles. The highest BCUT2D eigenvalue weighted by Crippen LogP contribution is 2.11. The lowest BCUT2D eigenvalue weighted by Crippen LogP contribution is -2.11. The largest absolute Gasteiger partial charge is 0.305 e. The van der Waals surface area contributed by atoms with Gasteiger partial charge in [0.25, 0.3) is 0 Å². The smallest absolute Gasteiger partial charge is 0.123 e. The number of rotatable bonds is 2. The Morgan fingerprint density at radius 2 is 1.79 bits per heavy atom. The number of hydrogen-bond acceptors (Lipinski definition) is 1. The Labute approximate surface area is 86.6 Å². The summed E-state index contributed by atoms with van der Waals surface area (Å²) < 4.78 is 12.8. The molecule has 0 aliphatic heterocycles. The van der Waals surface area contributed by atoms with Crippen LogP contribution in [0.4, 0.5) is 4.39 Å². The first-order valence-corrected chi connectivity index (χ1v) is 4.99. The molecule has 0 saturated carbocycles. The van der Waals surface area contributed by atoms with E-state index in [9.17, 15) is 4.39 Å². The third-order valence-electron chi connectivity index (χ3n) is 1.80. The number of aryl methyl sites for hydroxylation is 1. The van der Waals surface area contributed by atoms with Gasteiger partial charge in [0.15, 0.2) is 0 Å². The highest BCUT2D eigenvalue weighted by atomic mass is 19.1. The summed E-state index contributed by atoms with van der Waals surface area (Å²) in [5.74, 6) is -0.155. The minimum atomic E-state index is -0.155. The maximum atomic E-state index is 12.8. The van der Waals surface area contributed by atoms with Crippen molar-refractivity contribution < 1.29 is 4.39 Å². The van der Waals surface area contributed by atoms with Gasteiger partial charge in [-0.2, -0.15) is 0 Å². The van der Waals surface area contributed by atoms with Crippen molar-refractivity contribution in [2.75, 3.05) is 14.1 Å². The van der Waals surface area contributed by atoms with E-state index < -0.39 is 0 Å². The van der Waals surface area contributed by atoms with E-state index >= 15 is 0 Å². The van der Waals surface area contributed by atoms with Gasteiger partial charge in [0.2, 0.25) is 0 Å². The van der Waals surface area contributed by atoms with Crippen molar-refractivity contribution in [1.82, 2.24) is 4.90 Å². The van der Waals surface area contributed by atoms with Crippen molar-refractivity contribution in [3.05, 3.63) is 35.1 Å². The predicted octanol–water partition coefficient (Wildman–Crippen LogP) is 3.22. The minimum absolute atomic E-state index is 0.155. The molecule has 0 amide bonds. The van der Waals surface area contributed by atoms with Gasteiger partial charge >= 0.3 is 0 Å². The van der Waals surface area contributed by atoms with Gasteiger partial charge in [-0.05, 0) is 44.3 Å². The van der Waals surface area contributed by atoms with E-state index in [0.29, 0.717) is 0 Å². The number of benzene rings is 1. The summed E-state index contributed by atoms with van der Waals surface area (Å²) in [4.78, 5) is 2.03. The highest BCUT2D eigenvalue weighted by Gasteiger charge is 2.00. The lowest BCUT2D eigenvalue weighted by molar-refractivity contribution is 0.400. The van der Waals surface area contributed by atoms with Gasteiger partial charge in [-0.1, -0.05) is 19.9 Å². The van der Waals surface area contributed by atoms with E-state index in [4.69, 9.17) is 0 Å². The number of nitrogens with zero attached hydrogens (tertiary/aromatic N) is 1. The fourth-order valence-corrected chi connectivity index (χ4v) is 1.15. The van der Waals surface area contributed by atoms with Crippen LogP contribution in [0.2, 0.25) is 0 Å². The molecular formula is C12H20FN. The first-order chi connectivity index (χ1) is 6.59. The van der Waals surface area contributed by atoms with Crippen LogP contribution in [-0.2, 0) is 6.54 Å². The van der Waals surface area contributed by atoms with Gasteiger partial charge in [-0.3, -0.25) is 0 Å². The Hall–Kier alpha value is -0.890. The van der Waals surface area contributed by atoms with E-state index in [1.165, 1.54) is 6.07 Å². The Morgan fingerprint density at radius 3 is 2.29 bits per heavy atom. The highest BCUT2D eigenvalue weighted by molar-refractivity contribution is 5.26. The molecule has 0 atom stereocenters. The van der Waals surface area contributed by atoms with Crippen LogP contribution in [0.25, 0.3) is 0 Å². The summed E-state index contributed by atoms with van der Waals surface area (Å²) in [6, 6.07) is 4.90. The van der Waals surface area contributed by atoms with Gasteiger partial charge in [-0.25, -0.2) is 4.39 Å². The Morgan fingerprint density at radius 1 is 1.21 bits per heavy atom. The second-order valence-corrected chi connectivity index (χ2v) is 3.31. The second-order valence-electron chi connectivity index (χ2n) is 3.31. The zero-order valence-corrected chi connectivity index (χ0v) is 9.76. The maximum Gasteiger partial charge on any atom is 0.123 e. The number of halogens is 1. The summed E-state index contributed by atoms with van der Waals surface area (Å²) >= 11 is 0. The van der Waals surface area contributed by atoms with Crippen molar-refractivity contribution in [2.45, 2.75) is 27.3 Å². The molecule has 0 bridgehead atoms. The minimum Gasteiger partial charge on any atom is -0.305 e. The molecule has 2 heteroatoms. The van der Waals surface area contributed by atoms with Crippen LogP contribution in [0.1, 0.15) is 25.0 Å². The molecule has 0 spiro atoms. The molecule has 0 aromatic heterocycles. The summed E-state index contributed by atoms with van der Waals surface area (Å²) in [7, 11) is 3.95. The van der Waals surface area contributed by atoms with Gasteiger partial charge in [-0.15, -0.1) is 0 Å². The molecule has 0 fully saturated rings. The van der Waals surface area contributed by atoms with Gasteiger partial charge in [0.05, 0.1) is 0 Å². The van der Waals surface area contributed by atoms with Crippen LogP contribution < -0.4 is 0 Å². The van der Waals surface area contributed by atoms with E-state index in [-0.39, 0.29) is 5.82 Å². The quantitative estimate of drug-likeness (QED) is 0.703. The molecular weight excluding hydrogens is 177 g/mol. The molecule has 1 aromatic carbocycles. The number of hydrogen-bond donors (Lipinski definition) is 0. The molecule has 0 aliphatic rings. The van der Waals surface area contributed by atoms with Crippen molar-refractivity contribution in [2.24, 2.45) is 0 Å².